The van der Waals surface area contributed by atoms with Crippen molar-refractivity contribution in [3.05, 3.63) is 0 Å². The lowest BCUT2D eigenvalue weighted by molar-refractivity contribution is -0.140. The van der Waals surface area contributed by atoms with Crippen molar-refractivity contribution in [3.8, 4) is 0 Å². The van der Waals surface area contributed by atoms with E-state index in [4.69, 9.17) is 4.74 Å². The molecular weight excluding hydrogens is 216 g/mol. The standard InChI is InChI=1S/C13H24N2O2/c1-10(11-5-3-7-14-9-11)15-12(16)13(2)6-4-8-17-13/h10-11,14H,3-9H2,1-2H3,(H,15,16). The van der Waals surface area contributed by atoms with Crippen LogP contribution in [-0.4, -0.2) is 37.2 Å². The Morgan fingerprint density at radius 2 is 2.35 bits per heavy atom. The van der Waals surface area contributed by atoms with Crippen LogP contribution in [-0.2, 0) is 9.53 Å². The van der Waals surface area contributed by atoms with Gasteiger partial charge in [0.25, 0.3) is 5.91 Å². The van der Waals surface area contributed by atoms with Gasteiger partial charge in [0.15, 0.2) is 0 Å². The van der Waals surface area contributed by atoms with E-state index < -0.39 is 5.60 Å². The van der Waals surface area contributed by atoms with Crippen LogP contribution >= 0.6 is 0 Å². The summed E-state index contributed by atoms with van der Waals surface area (Å²) in [5.41, 5.74) is -0.587. The van der Waals surface area contributed by atoms with Gasteiger partial charge in [-0.15, -0.1) is 0 Å². The molecule has 2 saturated heterocycles. The molecule has 0 spiro atoms. The third-order valence-corrected chi connectivity index (χ3v) is 4.10. The summed E-state index contributed by atoms with van der Waals surface area (Å²) in [6.45, 7) is 6.84. The minimum atomic E-state index is -0.587. The number of carbonyl (C=O) groups excluding carboxylic acids is 1. The highest BCUT2D eigenvalue weighted by atomic mass is 16.5. The summed E-state index contributed by atoms with van der Waals surface area (Å²) >= 11 is 0. The molecule has 2 rings (SSSR count). The van der Waals surface area contributed by atoms with Crippen molar-refractivity contribution >= 4 is 5.91 Å². The summed E-state index contributed by atoms with van der Waals surface area (Å²) in [7, 11) is 0. The van der Waals surface area contributed by atoms with Gasteiger partial charge in [-0.1, -0.05) is 0 Å². The van der Waals surface area contributed by atoms with Crippen molar-refractivity contribution in [2.75, 3.05) is 19.7 Å². The molecule has 0 bridgehead atoms. The second-order valence-corrected chi connectivity index (χ2v) is 5.55. The summed E-state index contributed by atoms with van der Waals surface area (Å²) < 4.78 is 5.56. The van der Waals surface area contributed by atoms with Crippen molar-refractivity contribution in [2.24, 2.45) is 5.92 Å². The molecule has 2 aliphatic rings. The summed E-state index contributed by atoms with van der Waals surface area (Å²) in [6, 6.07) is 0.233. The Hall–Kier alpha value is -0.610. The van der Waals surface area contributed by atoms with E-state index in [1.165, 1.54) is 12.8 Å². The van der Waals surface area contributed by atoms with Crippen LogP contribution in [0.15, 0.2) is 0 Å². The number of piperidine rings is 1. The first kappa shape index (κ1) is 12.8. The fourth-order valence-corrected chi connectivity index (χ4v) is 2.74. The van der Waals surface area contributed by atoms with Crippen LogP contribution in [0, 0.1) is 5.92 Å². The number of amides is 1. The molecule has 98 valence electrons. The summed E-state index contributed by atoms with van der Waals surface area (Å²) in [5.74, 6) is 0.616. The van der Waals surface area contributed by atoms with Crippen molar-refractivity contribution < 1.29 is 9.53 Å². The summed E-state index contributed by atoms with van der Waals surface area (Å²) in [5, 5.41) is 6.51. The van der Waals surface area contributed by atoms with Crippen LogP contribution in [0.1, 0.15) is 39.5 Å². The summed E-state index contributed by atoms with van der Waals surface area (Å²) in [6.07, 6.45) is 4.24. The maximum Gasteiger partial charge on any atom is 0.252 e. The smallest absolute Gasteiger partial charge is 0.252 e. The SMILES string of the molecule is CC(NC(=O)C1(C)CCCO1)C1CCCNC1. The van der Waals surface area contributed by atoms with Gasteiger partial charge in [0, 0.05) is 12.6 Å². The lowest BCUT2D eigenvalue weighted by Crippen LogP contribution is -2.51. The van der Waals surface area contributed by atoms with E-state index in [2.05, 4.69) is 17.6 Å². The van der Waals surface area contributed by atoms with E-state index in [1.54, 1.807) is 0 Å². The summed E-state index contributed by atoms with van der Waals surface area (Å²) in [4.78, 5) is 12.2. The Labute approximate surface area is 103 Å². The van der Waals surface area contributed by atoms with Gasteiger partial charge in [0.1, 0.15) is 5.60 Å². The molecule has 0 aromatic rings. The van der Waals surface area contributed by atoms with Gasteiger partial charge in [-0.25, -0.2) is 0 Å². The number of nitrogens with one attached hydrogen (secondary N) is 2. The van der Waals surface area contributed by atoms with Crippen molar-refractivity contribution in [1.82, 2.24) is 10.6 Å². The maximum atomic E-state index is 12.2. The average Bonchev–Trinajstić information content (AvgIpc) is 2.78. The molecule has 0 aromatic carbocycles. The minimum Gasteiger partial charge on any atom is -0.365 e. The van der Waals surface area contributed by atoms with Gasteiger partial charge in [-0.2, -0.15) is 0 Å². The van der Waals surface area contributed by atoms with E-state index in [9.17, 15) is 4.79 Å². The Bertz CT molecular complexity index is 269. The lowest BCUT2D eigenvalue weighted by Gasteiger charge is -2.31. The van der Waals surface area contributed by atoms with Gasteiger partial charge in [0.05, 0.1) is 0 Å². The molecule has 3 atom stereocenters. The molecule has 2 aliphatic heterocycles. The quantitative estimate of drug-likeness (QED) is 0.775. The molecule has 2 N–H and O–H groups in total. The first-order valence-electron chi connectivity index (χ1n) is 6.77. The van der Waals surface area contributed by atoms with Crippen LogP contribution in [0.3, 0.4) is 0 Å². The molecule has 0 radical (unpaired) electrons. The van der Waals surface area contributed by atoms with E-state index in [-0.39, 0.29) is 11.9 Å². The normalized spacial score (nSPS) is 35.5. The van der Waals surface area contributed by atoms with E-state index in [0.29, 0.717) is 12.5 Å². The first-order valence-corrected chi connectivity index (χ1v) is 6.77. The lowest BCUT2D eigenvalue weighted by atomic mass is 9.92. The number of carbonyl (C=O) groups is 1. The van der Waals surface area contributed by atoms with Crippen LogP contribution < -0.4 is 10.6 Å². The molecule has 3 unspecified atom stereocenters. The average molecular weight is 240 g/mol. The Kier molecular flexibility index (Phi) is 4.05. The molecule has 17 heavy (non-hydrogen) atoms. The Morgan fingerprint density at radius 3 is 2.94 bits per heavy atom. The number of hydrogen-bond acceptors (Lipinski definition) is 3. The predicted molar refractivity (Wildman–Crippen MR) is 66.8 cm³/mol. The zero-order chi connectivity index (χ0) is 12.3. The molecule has 1 amide bonds. The predicted octanol–water partition coefficient (Wildman–Crippen LogP) is 1.06. The highest BCUT2D eigenvalue weighted by Crippen LogP contribution is 2.25. The Morgan fingerprint density at radius 1 is 1.53 bits per heavy atom. The Balaban J connectivity index is 1.84. The fourth-order valence-electron chi connectivity index (χ4n) is 2.74. The van der Waals surface area contributed by atoms with Gasteiger partial charge in [0.2, 0.25) is 0 Å². The zero-order valence-corrected chi connectivity index (χ0v) is 10.9. The van der Waals surface area contributed by atoms with Gasteiger partial charge >= 0.3 is 0 Å². The highest BCUT2D eigenvalue weighted by Gasteiger charge is 2.38. The molecule has 2 heterocycles. The van der Waals surface area contributed by atoms with Crippen LogP contribution in [0.4, 0.5) is 0 Å². The molecule has 0 saturated carbocycles. The molecule has 2 fully saturated rings. The second-order valence-electron chi connectivity index (χ2n) is 5.55. The van der Waals surface area contributed by atoms with Crippen LogP contribution in [0.5, 0.6) is 0 Å². The largest absolute Gasteiger partial charge is 0.365 e. The van der Waals surface area contributed by atoms with Crippen LogP contribution in [0.25, 0.3) is 0 Å². The molecule has 0 aliphatic carbocycles. The zero-order valence-electron chi connectivity index (χ0n) is 10.9. The molecule has 4 heteroatoms. The van der Waals surface area contributed by atoms with Crippen LogP contribution in [0.2, 0.25) is 0 Å². The third-order valence-electron chi connectivity index (χ3n) is 4.10. The number of rotatable bonds is 3. The van der Waals surface area contributed by atoms with Gasteiger partial charge < -0.3 is 15.4 Å². The second kappa shape index (κ2) is 5.36. The maximum absolute atomic E-state index is 12.2. The molecule has 0 aromatic heterocycles. The van der Waals surface area contributed by atoms with Gasteiger partial charge in [-0.05, 0) is 58.5 Å². The third kappa shape index (κ3) is 2.99. The molecular formula is C13H24N2O2. The van der Waals surface area contributed by atoms with E-state index >= 15 is 0 Å². The van der Waals surface area contributed by atoms with Crippen molar-refractivity contribution in [1.29, 1.82) is 0 Å². The molecule has 4 nitrogen and oxygen atoms in total. The number of hydrogen-bond donors (Lipinski definition) is 2. The van der Waals surface area contributed by atoms with Crippen molar-refractivity contribution in [2.45, 2.75) is 51.2 Å². The fraction of sp³-hybridized carbons (Fsp3) is 0.923. The van der Waals surface area contributed by atoms with E-state index in [0.717, 1.165) is 25.9 Å². The first-order chi connectivity index (χ1) is 8.12. The van der Waals surface area contributed by atoms with Crippen molar-refractivity contribution in [3.63, 3.8) is 0 Å². The minimum absolute atomic E-state index is 0.0630. The van der Waals surface area contributed by atoms with E-state index in [1.807, 2.05) is 6.92 Å². The monoisotopic (exact) mass is 240 g/mol. The topological polar surface area (TPSA) is 50.4 Å². The highest BCUT2D eigenvalue weighted by molar-refractivity contribution is 5.85. The number of ether oxygens (including phenoxy) is 1. The van der Waals surface area contributed by atoms with Gasteiger partial charge in [-0.3, -0.25) is 4.79 Å².